The summed E-state index contributed by atoms with van der Waals surface area (Å²) in [5, 5.41) is 15.4. The van der Waals surface area contributed by atoms with Crippen molar-refractivity contribution in [1.82, 2.24) is 15.3 Å². The number of hydrogen-bond donors (Lipinski definition) is 1. The molecule has 0 spiro atoms. The number of benzene rings is 2. The van der Waals surface area contributed by atoms with Gasteiger partial charge >= 0.3 is 0 Å². The number of aryl methyl sites for hydroxylation is 2. The zero-order valence-corrected chi connectivity index (χ0v) is 15.8. The van der Waals surface area contributed by atoms with E-state index >= 15 is 0 Å². The van der Waals surface area contributed by atoms with Gasteiger partial charge in [0.15, 0.2) is 0 Å². The van der Waals surface area contributed by atoms with E-state index in [9.17, 15) is 14.9 Å². The Balaban J connectivity index is 2.08. The molecule has 0 aliphatic carbocycles. The molecule has 0 bridgehead atoms. The van der Waals surface area contributed by atoms with Crippen LogP contribution in [0.5, 0.6) is 0 Å². The Bertz CT molecular complexity index is 1030. The van der Waals surface area contributed by atoms with Crippen LogP contribution in [-0.2, 0) is 4.84 Å². The molecule has 1 heterocycles. The molecular formula is C20H20N4O4. The Labute approximate surface area is 161 Å². The fraction of sp³-hybridized carbons (Fsp3) is 0.200. The van der Waals surface area contributed by atoms with Crippen molar-refractivity contribution in [1.29, 1.82) is 0 Å². The number of carbonyl (C=O) groups is 1. The number of nitrogens with one attached hydrogen (secondary N) is 1. The molecule has 144 valence electrons. The smallest absolute Gasteiger partial charge is 0.274 e. The van der Waals surface area contributed by atoms with E-state index in [1.165, 1.54) is 16.8 Å². The topological polar surface area (TPSA) is 99.3 Å². The average Bonchev–Trinajstić information content (AvgIpc) is 3.13. The Morgan fingerprint density at radius 3 is 2.46 bits per heavy atom. The number of carbonyl (C=O) groups excluding carboxylic acids is 1. The molecule has 0 aliphatic rings. The molecule has 8 nitrogen and oxygen atoms in total. The summed E-state index contributed by atoms with van der Waals surface area (Å²) in [6, 6.07) is 13.4. The van der Waals surface area contributed by atoms with Crippen LogP contribution in [0.15, 0.2) is 48.5 Å². The number of nitro benzene ring substituents is 1. The summed E-state index contributed by atoms with van der Waals surface area (Å²) in [5.41, 5.74) is 6.88. The summed E-state index contributed by atoms with van der Waals surface area (Å²) in [6.07, 6.45) is 0. The fourth-order valence-electron chi connectivity index (χ4n) is 2.69. The zero-order chi connectivity index (χ0) is 20.3. The Hall–Kier alpha value is -3.52. The second-order valence-electron chi connectivity index (χ2n) is 6.26. The van der Waals surface area contributed by atoms with E-state index in [2.05, 4.69) is 10.6 Å². The van der Waals surface area contributed by atoms with Gasteiger partial charge < -0.3 is 0 Å². The molecule has 1 aromatic heterocycles. The van der Waals surface area contributed by atoms with Crippen molar-refractivity contribution in [3.05, 3.63) is 75.5 Å². The van der Waals surface area contributed by atoms with E-state index in [1.54, 1.807) is 25.1 Å². The van der Waals surface area contributed by atoms with Gasteiger partial charge in [0.1, 0.15) is 5.69 Å². The predicted octanol–water partition coefficient (Wildman–Crippen LogP) is 3.75. The van der Waals surface area contributed by atoms with Crippen LogP contribution in [0.1, 0.15) is 28.5 Å². The summed E-state index contributed by atoms with van der Waals surface area (Å²) in [4.78, 5) is 28.0. The number of nitro groups is 1. The molecule has 1 N–H and O–H groups in total. The molecule has 28 heavy (non-hydrogen) atoms. The second kappa shape index (κ2) is 8.01. The summed E-state index contributed by atoms with van der Waals surface area (Å²) in [7, 11) is 0. The highest BCUT2D eigenvalue weighted by Crippen LogP contribution is 2.25. The lowest BCUT2D eigenvalue weighted by atomic mass is 10.0. The van der Waals surface area contributed by atoms with Crippen LogP contribution >= 0.6 is 0 Å². The largest absolute Gasteiger partial charge is 0.293 e. The molecule has 0 saturated carbocycles. The van der Waals surface area contributed by atoms with E-state index in [4.69, 9.17) is 4.84 Å². The molecular weight excluding hydrogens is 360 g/mol. The molecule has 0 atom stereocenters. The van der Waals surface area contributed by atoms with Crippen LogP contribution in [0.3, 0.4) is 0 Å². The van der Waals surface area contributed by atoms with Gasteiger partial charge in [0, 0.05) is 17.7 Å². The third-order valence-electron chi connectivity index (χ3n) is 4.36. The molecule has 3 aromatic rings. The third-order valence-corrected chi connectivity index (χ3v) is 4.36. The molecule has 0 aliphatic heterocycles. The molecule has 8 heteroatoms. The van der Waals surface area contributed by atoms with Gasteiger partial charge in [0.25, 0.3) is 11.6 Å². The predicted molar refractivity (Wildman–Crippen MR) is 104 cm³/mol. The van der Waals surface area contributed by atoms with Crippen molar-refractivity contribution in [2.45, 2.75) is 20.8 Å². The van der Waals surface area contributed by atoms with Crippen LogP contribution in [0.25, 0.3) is 16.9 Å². The van der Waals surface area contributed by atoms with Gasteiger partial charge in [-0.3, -0.25) is 19.7 Å². The summed E-state index contributed by atoms with van der Waals surface area (Å²) < 4.78 is 1.45. The second-order valence-corrected chi connectivity index (χ2v) is 6.26. The number of rotatable bonds is 6. The van der Waals surface area contributed by atoms with Crippen molar-refractivity contribution in [3.63, 3.8) is 0 Å². The van der Waals surface area contributed by atoms with E-state index < -0.39 is 10.8 Å². The van der Waals surface area contributed by atoms with Crippen LogP contribution < -0.4 is 5.48 Å². The molecule has 3 rings (SSSR count). The minimum Gasteiger partial charge on any atom is -0.274 e. The van der Waals surface area contributed by atoms with Crippen molar-refractivity contribution in [3.8, 4) is 16.9 Å². The van der Waals surface area contributed by atoms with Gasteiger partial charge in [-0.1, -0.05) is 12.1 Å². The monoisotopic (exact) mass is 380 g/mol. The molecule has 2 aromatic carbocycles. The maximum atomic E-state index is 12.5. The highest BCUT2D eigenvalue weighted by atomic mass is 16.6. The van der Waals surface area contributed by atoms with Crippen molar-refractivity contribution in [2.24, 2.45) is 0 Å². The normalized spacial score (nSPS) is 10.7. The fourth-order valence-corrected chi connectivity index (χ4v) is 2.69. The first-order chi connectivity index (χ1) is 13.4. The molecule has 0 unspecified atom stereocenters. The minimum absolute atomic E-state index is 0.0365. The minimum atomic E-state index is -0.476. The Morgan fingerprint density at radius 1 is 1.14 bits per heavy atom. The highest BCUT2D eigenvalue weighted by molar-refractivity contribution is 5.93. The van der Waals surface area contributed by atoms with Crippen LogP contribution in [0.2, 0.25) is 0 Å². The first-order valence-electron chi connectivity index (χ1n) is 8.75. The van der Waals surface area contributed by atoms with Crippen LogP contribution in [0.4, 0.5) is 5.69 Å². The molecule has 1 amide bonds. The van der Waals surface area contributed by atoms with E-state index in [0.29, 0.717) is 18.0 Å². The quantitative estimate of drug-likeness (QED) is 0.519. The number of aromatic nitrogens is 2. The standard InChI is InChI=1S/C20H20N4O4/c1-4-28-22-20(25)19-12-18(15-6-5-13(2)14(3)11-15)21-23(19)16-7-9-17(10-8-16)24(26)27/h5-12H,4H2,1-3H3,(H,22,25). The maximum Gasteiger partial charge on any atom is 0.293 e. The van der Waals surface area contributed by atoms with Gasteiger partial charge in [0.05, 0.1) is 22.9 Å². The summed E-state index contributed by atoms with van der Waals surface area (Å²) in [6.45, 7) is 6.11. The lowest BCUT2D eigenvalue weighted by Crippen LogP contribution is -2.26. The molecule has 0 saturated heterocycles. The van der Waals surface area contributed by atoms with Crippen LogP contribution in [0, 0.1) is 24.0 Å². The zero-order valence-electron chi connectivity index (χ0n) is 15.8. The van der Waals surface area contributed by atoms with Gasteiger partial charge in [-0.25, -0.2) is 10.2 Å². The lowest BCUT2D eigenvalue weighted by molar-refractivity contribution is -0.384. The summed E-state index contributed by atoms with van der Waals surface area (Å²) >= 11 is 0. The van der Waals surface area contributed by atoms with Gasteiger partial charge in [0.2, 0.25) is 0 Å². The SMILES string of the molecule is CCONC(=O)c1cc(-c2ccc(C)c(C)c2)nn1-c1ccc([N+](=O)[O-])cc1. The van der Waals surface area contributed by atoms with E-state index in [0.717, 1.165) is 16.7 Å². The van der Waals surface area contributed by atoms with Gasteiger partial charge in [-0.05, 0) is 56.2 Å². The molecule has 0 radical (unpaired) electrons. The maximum absolute atomic E-state index is 12.5. The number of amides is 1. The first-order valence-corrected chi connectivity index (χ1v) is 8.75. The van der Waals surface area contributed by atoms with E-state index in [1.807, 2.05) is 32.0 Å². The Morgan fingerprint density at radius 2 is 1.86 bits per heavy atom. The van der Waals surface area contributed by atoms with Crippen molar-refractivity contribution in [2.75, 3.05) is 6.61 Å². The number of hydrogen-bond acceptors (Lipinski definition) is 5. The summed E-state index contributed by atoms with van der Waals surface area (Å²) in [5.74, 6) is -0.456. The van der Waals surface area contributed by atoms with Gasteiger partial charge in [-0.2, -0.15) is 5.10 Å². The van der Waals surface area contributed by atoms with Crippen molar-refractivity contribution < 1.29 is 14.6 Å². The number of hydroxylamine groups is 1. The number of nitrogens with zero attached hydrogens (tertiary/aromatic N) is 3. The lowest BCUT2D eigenvalue weighted by Gasteiger charge is -2.07. The Kier molecular flexibility index (Phi) is 5.51. The van der Waals surface area contributed by atoms with Crippen LogP contribution in [-0.4, -0.2) is 27.2 Å². The number of non-ortho nitro benzene ring substituents is 1. The third kappa shape index (κ3) is 3.91. The highest BCUT2D eigenvalue weighted by Gasteiger charge is 2.19. The van der Waals surface area contributed by atoms with Crippen molar-refractivity contribution >= 4 is 11.6 Å². The average molecular weight is 380 g/mol. The van der Waals surface area contributed by atoms with E-state index in [-0.39, 0.29) is 11.4 Å². The van der Waals surface area contributed by atoms with Gasteiger partial charge in [-0.15, -0.1) is 0 Å². The first kappa shape index (κ1) is 19.2. The molecule has 0 fully saturated rings.